The number of ether oxygens (including phenoxy) is 2. The number of anilines is 1. The van der Waals surface area contributed by atoms with Crippen LogP contribution in [0.5, 0.6) is 11.5 Å². The van der Waals surface area contributed by atoms with Crippen molar-refractivity contribution in [3.05, 3.63) is 85.8 Å². The van der Waals surface area contributed by atoms with Gasteiger partial charge < -0.3 is 9.47 Å². The predicted molar refractivity (Wildman–Crippen MR) is 149 cm³/mol. The van der Waals surface area contributed by atoms with Crippen LogP contribution in [0.4, 0.5) is 5.69 Å². The smallest absolute Gasteiger partial charge is 0.260 e. The molecule has 1 N–H and O–H groups in total. The monoisotopic (exact) mass is 657 g/mol. The van der Waals surface area contributed by atoms with E-state index in [1.807, 2.05) is 12.1 Å². The van der Waals surface area contributed by atoms with Crippen molar-refractivity contribution >= 4 is 71.3 Å². The molecule has 3 aromatic carbocycles. The lowest BCUT2D eigenvalue weighted by Gasteiger charge is -2.22. The fourth-order valence-electron chi connectivity index (χ4n) is 3.07. The molecule has 0 aromatic heterocycles. The molecule has 3 rings (SSSR count). The normalized spacial score (nSPS) is 11.4. The number of benzene rings is 3. The second kappa shape index (κ2) is 12.6. The molecule has 0 saturated heterocycles. The number of amides is 1. The number of carbonyl (C=O) groups excluding carboxylic acids is 1. The third kappa shape index (κ3) is 7.70. The van der Waals surface area contributed by atoms with Gasteiger partial charge in [0.1, 0.15) is 13.2 Å². The Kier molecular flexibility index (Phi) is 9.77. The molecular weight excluding hydrogens is 638 g/mol. The molecule has 0 aliphatic carbocycles. The van der Waals surface area contributed by atoms with Crippen LogP contribution in [-0.4, -0.2) is 40.4 Å². The highest BCUT2D eigenvalue weighted by Gasteiger charge is 2.22. The van der Waals surface area contributed by atoms with Crippen LogP contribution in [0.3, 0.4) is 0 Å². The minimum atomic E-state index is -3.71. The molecule has 1 amide bonds. The average molecular weight is 660 g/mol. The van der Waals surface area contributed by atoms with E-state index in [-0.39, 0.29) is 0 Å². The van der Waals surface area contributed by atoms with Crippen LogP contribution in [0.25, 0.3) is 0 Å². The van der Waals surface area contributed by atoms with E-state index >= 15 is 0 Å². The minimum Gasteiger partial charge on any atom is -0.493 e. The summed E-state index contributed by atoms with van der Waals surface area (Å²) < 4.78 is 38.1. The van der Waals surface area contributed by atoms with E-state index in [4.69, 9.17) is 21.1 Å². The van der Waals surface area contributed by atoms with Gasteiger partial charge in [-0.25, -0.2) is 13.8 Å². The summed E-state index contributed by atoms with van der Waals surface area (Å²) in [5.41, 5.74) is 4.26. The fourth-order valence-corrected chi connectivity index (χ4v) is 5.25. The molecule has 0 spiro atoms. The zero-order chi connectivity index (χ0) is 26.3. The number of rotatable bonds is 10. The van der Waals surface area contributed by atoms with E-state index in [0.717, 1.165) is 16.1 Å². The Morgan fingerprint density at radius 3 is 2.44 bits per heavy atom. The van der Waals surface area contributed by atoms with Crippen LogP contribution in [0.2, 0.25) is 5.02 Å². The molecule has 0 unspecified atom stereocenters. The van der Waals surface area contributed by atoms with Gasteiger partial charge in [0.25, 0.3) is 5.91 Å². The lowest BCUT2D eigenvalue weighted by atomic mass is 10.2. The summed E-state index contributed by atoms with van der Waals surface area (Å²) in [5, 5.41) is 4.60. The molecule has 0 saturated carbocycles. The second-order valence-electron chi connectivity index (χ2n) is 7.46. The van der Waals surface area contributed by atoms with Crippen molar-refractivity contribution in [2.45, 2.75) is 6.61 Å². The highest BCUT2D eigenvalue weighted by molar-refractivity contribution is 9.11. The number of para-hydroxylation sites is 1. The number of hydrazone groups is 1. The standard InChI is InChI=1S/C24H22Br2ClN3O5S/c1-34-22-12-17(11-20(26)24(22)35-15-16-7-9-18(27)10-8-16)13-28-29-23(31)14-30(36(2,32)33)21-6-4-3-5-19(21)25/h3-13H,14-15H2,1-2H3,(H,29,31)/b28-13-. The maximum absolute atomic E-state index is 12.5. The molecule has 0 aliphatic heterocycles. The van der Waals surface area contributed by atoms with Gasteiger partial charge >= 0.3 is 0 Å². The Bertz CT molecular complexity index is 1370. The minimum absolute atomic E-state index is 0.310. The largest absolute Gasteiger partial charge is 0.493 e. The van der Waals surface area contributed by atoms with E-state index in [9.17, 15) is 13.2 Å². The maximum Gasteiger partial charge on any atom is 0.260 e. The molecule has 8 nitrogen and oxygen atoms in total. The van der Waals surface area contributed by atoms with E-state index in [1.54, 1.807) is 48.5 Å². The Hall–Kier alpha value is -2.60. The summed E-state index contributed by atoms with van der Waals surface area (Å²) in [7, 11) is -2.20. The number of nitrogens with one attached hydrogen (secondary N) is 1. The van der Waals surface area contributed by atoms with E-state index < -0.39 is 22.5 Å². The Morgan fingerprint density at radius 2 is 1.81 bits per heavy atom. The first-order valence-electron chi connectivity index (χ1n) is 10.4. The summed E-state index contributed by atoms with van der Waals surface area (Å²) in [6.07, 6.45) is 2.45. The number of sulfonamides is 1. The zero-order valence-electron chi connectivity index (χ0n) is 19.2. The molecule has 190 valence electrons. The number of halogens is 3. The van der Waals surface area contributed by atoms with Gasteiger partial charge in [-0.15, -0.1) is 0 Å². The molecule has 0 heterocycles. The Morgan fingerprint density at radius 1 is 1.11 bits per heavy atom. The van der Waals surface area contributed by atoms with Crippen molar-refractivity contribution in [2.24, 2.45) is 5.10 Å². The third-order valence-corrected chi connectivity index (χ3v) is 7.40. The molecule has 0 atom stereocenters. The first kappa shape index (κ1) is 28.0. The topological polar surface area (TPSA) is 97.3 Å². The van der Waals surface area contributed by atoms with Crippen LogP contribution in [-0.2, 0) is 21.4 Å². The number of carbonyl (C=O) groups is 1. The van der Waals surface area contributed by atoms with Crippen molar-refractivity contribution in [3.63, 3.8) is 0 Å². The quantitative estimate of drug-likeness (QED) is 0.233. The third-order valence-electron chi connectivity index (χ3n) is 4.76. The van der Waals surface area contributed by atoms with E-state index in [1.165, 1.54) is 13.3 Å². The summed E-state index contributed by atoms with van der Waals surface area (Å²) in [6.45, 7) is -0.132. The summed E-state index contributed by atoms with van der Waals surface area (Å²) >= 11 is 12.7. The summed E-state index contributed by atoms with van der Waals surface area (Å²) in [5.74, 6) is 0.357. The SMILES string of the molecule is COc1cc(/C=N\NC(=O)CN(c2ccccc2Br)S(C)(=O)=O)cc(Br)c1OCc1ccc(Cl)cc1. The zero-order valence-corrected chi connectivity index (χ0v) is 24.0. The number of hydrogen-bond donors (Lipinski definition) is 1. The van der Waals surface area contributed by atoms with E-state index in [2.05, 4.69) is 42.4 Å². The molecule has 12 heteroatoms. The van der Waals surface area contributed by atoms with Gasteiger partial charge in [0, 0.05) is 9.50 Å². The summed E-state index contributed by atoms with van der Waals surface area (Å²) in [4.78, 5) is 12.5. The van der Waals surface area contributed by atoms with Crippen molar-refractivity contribution in [3.8, 4) is 11.5 Å². The molecule has 3 aromatic rings. The fraction of sp³-hybridized carbons (Fsp3) is 0.167. The van der Waals surface area contributed by atoms with Gasteiger partial charge in [-0.3, -0.25) is 9.10 Å². The van der Waals surface area contributed by atoms with Gasteiger partial charge in [-0.1, -0.05) is 35.9 Å². The Balaban J connectivity index is 1.68. The van der Waals surface area contributed by atoms with Crippen LogP contribution in [0, 0.1) is 0 Å². The van der Waals surface area contributed by atoms with Gasteiger partial charge in [0.2, 0.25) is 10.0 Å². The van der Waals surface area contributed by atoms with Crippen LogP contribution in [0.1, 0.15) is 11.1 Å². The van der Waals surface area contributed by atoms with Gasteiger partial charge in [0.15, 0.2) is 11.5 Å². The van der Waals surface area contributed by atoms with Gasteiger partial charge in [-0.2, -0.15) is 5.10 Å². The predicted octanol–water partition coefficient (Wildman–Crippen LogP) is 5.37. The first-order valence-corrected chi connectivity index (χ1v) is 14.2. The van der Waals surface area contributed by atoms with Crippen LogP contribution >= 0.6 is 43.5 Å². The lowest BCUT2D eigenvalue weighted by molar-refractivity contribution is -0.119. The second-order valence-corrected chi connectivity index (χ2v) is 11.5. The number of methoxy groups -OCH3 is 1. The van der Waals surface area contributed by atoms with Crippen molar-refractivity contribution in [2.75, 3.05) is 24.2 Å². The molecule has 0 aliphatic rings. The molecular formula is C24H22Br2ClN3O5S. The van der Waals surface area contributed by atoms with E-state index in [0.29, 0.717) is 43.3 Å². The van der Waals surface area contributed by atoms with Gasteiger partial charge in [0.05, 0.1) is 29.7 Å². The van der Waals surface area contributed by atoms with Gasteiger partial charge in [-0.05, 0) is 79.4 Å². The highest BCUT2D eigenvalue weighted by atomic mass is 79.9. The van der Waals surface area contributed by atoms with Crippen molar-refractivity contribution in [1.29, 1.82) is 0 Å². The molecule has 0 bridgehead atoms. The molecule has 0 radical (unpaired) electrons. The van der Waals surface area contributed by atoms with Crippen molar-refractivity contribution in [1.82, 2.24) is 5.43 Å². The van der Waals surface area contributed by atoms with Crippen LogP contribution in [0.15, 0.2) is 74.7 Å². The van der Waals surface area contributed by atoms with Crippen molar-refractivity contribution < 1.29 is 22.7 Å². The number of hydrogen-bond acceptors (Lipinski definition) is 6. The lowest BCUT2D eigenvalue weighted by Crippen LogP contribution is -2.39. The Labute approximate surface area is 231 Å². The highest BCUT2D eigenvalue weighted by Crippen LogP contribution is 2.37. The summed E-state index contributed by atoms with van der Waals surface area (Å²) in [6, 6.07) is 17.5. The maximum atomic E-state index is 12.5. The molecule has 0 fully saturated rings. The number of nitrogens with zero attached hydrogens (tertiary/aromatic N) is 2. The average Bonchev–Trinajstić information content (AvgIpc) is 2.82. The first-order chi connectivity index (χ1) is 17.1. The van der Waals surface area contributed by atoms with Crippen LogP contribution < -0.4 is 19.2 Å². The molecule has 36 heavy (non-hydrogen) atoms.